The summed E-state index contributed by atoms with van der Waals surface area (Å²) in [7, 11) is 1.98. The van der Waals surface area contributed by atoms with E-state index >= 15 is 0 Å². The molecule has 0 aliphatic carbocycles. The predicted octanol–water partition coefficient (Wildman–Crippen LogP) is 2.27. The average molecular weight is 355 g/mol. The predicted molar refractivity (Wildman–Crippen MR) is 89.6 cm³/mol. The number of phenolic OH excluding ortho intramolecular Hbond substituents is 2. The normalized spacial score (nSPS) is 23.5. The molecule has 2 N–H and O–H groups in total. The van der Waals surface area contributed by atoms with Crippen molar-refractivity contribution in [2.75, 3.05) is 20.4 Å². The third-order valence-corrected chi connectivity index (χ3v) is 5.38. The van der Waals surface area contributed by atoms with Crippen molar-refractivity contribution >= 4 is 5.97 Å². The first-order valence-electron chi connectivity index (χ1n) is 8.43. The molecular weight excluding hydrogens is 338 g/mol. The van der Waals surface area contributed by atoms with Crippen molar-refractivity contribution in [3.63, 3.8) is 0 Å². The van der Waals surface area contributed by atoms with Crippen molar-refractivity contribution in [1.29, 1.82) is 0 Å². The summed E-state index contributed by atoms with van der Waals surface area (Å²) in [5.41, 5.74) is 2.76. The molecule has 3 aliphatic heterocycles. The average Bonchev–Trinajstić information content (AvgIpc) is 3.20. The van der Waals surface area contributed by atoms with Crippen LogP contribution in [0, 0.1) is 0 Å². The number of cyclic esters (lactones) is 1. The van der Waals surface area contributed by atoms with Gasteiger partial charge in [-0.05, 0) is 42.8 Å². The highest BCUT2D eigenvalue weighted by molar-refractivity contribution is 5.98. The van der Waals surface area contributed by atoms with Gasteiger partial charge in [-0.2, -0.15) is 0 Å². The minimum Gasteiger partial charge on any atom is -0.504 e. The molecule has 2 aromatic carbocycles. The molecule has 0 fully saturated rings. The van der Waals surface area contributed by atoms with Crippen molar-refractivity contribution in [2.24, 2.45) is 0 Å². The van der Waals surface area contributed by atoms with Gasteiger partial charge in [0, 0.05) is 12.1 Å². The number of fused-ring (bicyclic) bond motifs is 3. The monoisotopic (exact) mass is 355 g/mol. The van der Waals surface area contributed by atoms with Crippen LogP contribution in [0.2, 0.25) is 0 Å². The number of aromatic hydroxyl groups is 2. The second kappa shape index (κ2) is 5.28. The van der Waals surface area contributed by atoms with E-state index in [-0.39, 0.29) is 24.1 Å². The van der Waals surface area contributed by atoms with Gasteiger partial charge in [-0.1, -0.05) is 6.07 Å². The number of likely N-dealkylation sites (N-methyl/N-ethyl adjacent to an activating group) is 1. The first kappa shape index (κ1) is 15.3. The van der Waals surface area contributed by atoms with E-state index in [0.29, 0.717) is 11.3 Å². The lowest BCUT2D eigenvalue weighted by atomic mass is 9.86. The Bertz CT molecular complexity index is 940. The Morgan fingerprint density at radius 2 is 1.88 bits per heavy atom. The van der Waals surface area contributed by atoms with E-state index in [4.69, 9.17) is 14.2 Å². The van der Waals surface area contributed by atoms with Gasteiger partial charge in [-0.15, -0.1) is 0 Å². The highest BCUT2D eigenvalue weighted by Gasteiger charge is 2.43. The van der Waals surface area contributed by atoms with Crippen LogP contribution in [0.5, 0.6) is 23.0 Å². The van der Waals surface area contributed by atoms with E-state index in [0.717, 1.165) is 29.8 Å². The maximum absolute atomic E-state index is 12.3. The number of hydrogen-bond acceptors (Lipinski definition) is 7. The second-order valence-electron chi connectivity index (χ2n) is 6.80. The second-order valence-corrected chi connectivity index (χ2v) is 6.80. The summed E-state index contributed by atoms with van der Waals surface area (Å²) < 4.78 is 16.6. The molecule has 0 bridgehead atoms. The lowest BCUT2D eigenvalue weighted by molar-refractivity contribution is 0.00936. The zero-order chi connectivity index (χ0) is 18.0. The molecular formula is C19H17NO6. The first-order valence-corrected chi connectivity index (χ1v) is 8.43. The van der Waals surface area contributed by atoms with E-state index in [1.807, 2.05) is 19.2 Å². The van der Waals surface area contributed by atoms with Gasteiger partial charge in [0.2, 0.25) is 6.79 Å². The number of ether oxygens (including phenoxy) is 3. The number of hydrogen-bond donors (Lipinski definition) is 2. The Balaban J connectivity index is 1.65. The van der Waals surface area contributed by atoms with Crippen molar-refractivity contribution in [3.8, 4) is 23.0 Å². The molecule has 0 amide bonds. The van der Waals surface area contributed by atoms with Gasteiger partial charge in [0.1, 0.15) is 11.7 Å². The third kappa shape index (κ3) is 2.00. The standard InChI is InChI=1S/C19H17NO6/c1-20-5-4-9-6-13-14(25-8-24-13)7-11(9)16(20)18-10-2-3-12(21)17(22)15(10)19(23)26-18/h2-3,6-7,16,18,21-22H,4-5,8H2,1H3. The Hall–Kier alpha value is -2.93. The number of rotatable bonds is 1. The Kier molecular flexibility index (Phi) is 3.12. The molecule has 3 aliphatic rings. The van der Waals surface area contributed by atoms with Gasteiger partial charge in [0.05, 0.1) is 6.04 Å². The fourth-order valence-electron chi connectivity index (χ4n) is 4.08. The van der Waals surface area contributed by atoms with Gasteiger partial charge in [0.15, 0.2) is 23.0 Å². The number of esters is 1. The van der Waals surface area contributed by atoms with Crippen LogP contribution in [-0.4, -0.2) is 41.5 Å². The Morgan fingerprint density at radius 3 is 2.69 bits per heavy atom. The number of nitrogens with zero attached hydrogens (tertiary/aromatic N) is 1. The molecule has 7 nitrogen and oxygen atoms in total. The smallest absolute Gasteiger partial charge is 0.343 e. The van der Waals surface area contributed by atoms with Crippen molar-refractivity contribution in [3.05, 3.63) is 46.5 Å². The molecule has 26 heavy (non-hydrogen) atoms. The zero-order valence-corrected chi connectivity index (χ0v) is 14.1. The number of carbonyl (C=O) groups is 1. The van der Waals surface area contributed by atoms with Crippen molar-refractivity contribution in [2.45, 2.75) is 18.6 Å². The number of phenols is 2. The van der Waals surface area contributed by atoms with Crippen LogP contribution in [0.1, 0.15) is 39.2 Å². The van der Waals surface area contributed by atoms with Crippen LogP contribution in [0.25, 0.3) is 0 Å². The van der Waals surface area contributed by atoms with Crippen molar-refractivity contribution in [1.82, 2.24) is 4.90 Å². The van der Waals surface area contributed by atoms with E-state index in [2.05, 4.69) is 4.90 Å². The molecule has 0 radical (unpaired) electrons. The highest BCUT2D eigenvalue weighted by Crippen LogP contribution is 2.50. The van der Waals surface area contributed by atoms with E-state index < -0.39 is 17.8 Å². The summed E-state index contributed by atoms with van der Waals surface area (Å²) in [5, 5.41) is 19.8. The van der Waals surface area contributed by atoms with Gasteiger partial charge in [-0.25, -0.2) is 4.79 Å². The van der Waals surface area contributed by atoms with Crippen molar-refractivity contribution < 1.29 is 29.2 Å². The minimum atomic E-state index is -0.625. The molecule has 2 unspecified atom stereocenters. The highest BCUT2D eigenvalue weighted by atomic mass is 16.7. The molecule has 5 rings (SSSR count). The van der Waals surface area contributed by atoms with Gasteiger partial charge in [0.25, 0.3) is 0 Å². The quantitative estimate of drug-likeness (QED) is 0.599. The van der Waals surface area contributed by atoms with Crippen LogP contribution >= 0.6 is 0 Å². The molecule has 0 saturated heterocycles. The van der Waals surface area contributed by atoms with Gasteiger partial charge >= 0.3 is 5.97 Å². The molecule has 0 aromatic heterocycles. The van der Waals surface area contributed by atoms with Crippen LogP contribution in [0.3, 0.4) is 0 Å². The number of benzene rings is 2. The fourth-order valence-corrected chi connectivity index (χ4v) is 4.08. The Morgan fingerprint density at radius 1 is 1.12 bits per heavy atom. The molecule has 0 spiro atoms. The van der Waals surface area contributed by atoms with Crippen LogP contribution in [-0.2, 0) is 11.2 Å². The topological polar surface area (TPSA) is 88.5 Å². The summed E-state index contributed by atoms with van der Waals surface area (Å²) in [4.78, 5) is 14.5. The van der Waals surface area contributed by atoms with Crippen LogP contribution in [0.4, 0.5) is 0 Å². The Labute approximate surface area is 149 Å². The maximum atomic E-state index is 12.3. The fraction of sp³-hybridized carbons (Fsp3) is 0.316. The molecule has 2 aromatic rings. The maximum Gasteiger partial charge on any atom is 0.343 e. The molecule has 3 heterocycles. The lowest BCUT2D eigenvalue weighted by Gasteiger charge is -2.37. The van der Waals surface area contributed by atoms with E-state index in [9.17, 15) is 15.0 Å². The molecule has 7 heteroatoms. The third-order valence-electron chi connectivity index (χ3n) is 5.38. The van der Waals surface area contributed by atoms with E-state index in [1.165, 1.54) is 6.07 Å². The summed E-state index contributed by atoms with van der Waals surface area (Å²) >= 11 is 0. The largest absolute Gasteiger partial charge is 0.504 e. The SMILES string of the molecule is CN1CCc2cc3c(cc2C1C1OC(=O)c2c1ccc(O)c2O)OCO3. The van der Waals surface area contributed by atoms with Crippen LogP contribution < -0.4 is 9.47 Å². The minimum absolute atomic E-state index is 0.0382. The summed E-state index contributed by atoms with van der Waals surface area (Å²) in [6.07, 6.45) is 0.279. The first-order chi connectivity index (χ1) is 12.5. The molecule has 0 saturated carbocycles. The summed E-state index contributed by atoms with van der Waals surface area (Å²) in [5.74, 6) is 0.0294. The summed E-state index contributed by atoms with van der Waals surface area (Å²) in [6, 6.07) is 6.73. The lowest BCUT2D eigenvalue weighted by Crippen LogP contribution is -2.36. The van der Waals surface area contributed by atoms with E-state index in [1.54, 1.807) is 6.07 Å². The van der Waals surface area contributed by atoms with Gasteiger partial charge < -0.3 is 24.4 Å². The number of carbonyl (C=O) groups excluding carboxylic acids is 1. The van der Waals surface area contributed by atoms with Crippen LogP contribution in [0.15, 0.2) is 24.3 Å². The van der Waals surface area contributed by atoms with Gasteiger partial charge in [-0.3, -0.25) is 4.90 Å². The molecule has 2 atom stereocenters. The molecule has 134 valence electrons. The zero-order valence-electron chi connectivity index (χ0n) is 14.1. The summed E-state index contributed by atoms with van der Waals surface area (Å²) in [6.45, 7) is 0.998.